The normalized spacial score (nSPS) is 15.0. The van der Waals surface area contributed by atoms with Gasteiger partial charge < -0.3 is 14.6 Å². The molecule has 0 saturated heterocycles. The summed E-state index contributed by atoms with van der Waals surface area (Å²) >= 11 is 0. The molecule has 3 aromatic rings. The van der Waals surface area contributed by atoms with Crippen LogP contribution in [0.5, 0.6) is 11.5 Å². The van der Waals surface area contributed by atoms with Gasteiger partial charge in [-0.25, -0.2) is 0 Å². The largest absolute Gasteiger partial charge is 0.496 e. The van der Waals surface area contributed by atoms with E-state index >= 15 is 0 Å². The Morgan fingerprint density at radius 3 is 2.44 bits per heavy atom. The summed E-state index contributed by atoms with van der Waals surface area (Å²) < 4.78 is 11.2. The van der Waals surface area contributed by atoms with Crippen molar-refractivity contribution in [3.63, 3.8) is 0 Å². The number of para-hydroxylation sites is 1. The zero-order chi connectivity index (χ0) is 23.9. The number of aryl methyl sites for hydroxylation is 2. The number of benzene rings is 3. The second-order valence-corrected chi connectivity index (χ2v) is 8.57. The minimum atomic E-state index is -0.795. The molecule has 0 heterocycles. The first-order valence-electron chi connectivity index (χ1n) is 11.5. The van der Waals surface area contributed by atoms with Gasteiger partial charge in [-0.2, -0.15) is 0 Å². The maximum Gasteiger partial charge on any atom is 0.307 e. The average molecular weight is 455 g/mol. The Morgan fingerprint density at radius 2 is 1.68 bits per heavy atom. The van der Waals surface area contributed by atoms with Gasteiger partial charge in [0.1, 0.15) is 11.5 Å². The zero-order valence-electron chi connectivity index (χ0n) is 19.7. The Kier molecular flexibility index (Phi) is 7.48. The summed E-state index contributed by atoms with van der Waals surface area (Å²) in [5, 5.41) is 9.17. The molecule has 0 spiro atoms. The highest BCUT2D eigenvalue weighted by Crippen LogP contribution is 2.36. The molecule has 0 aliphatic heterocycles. The highest BCUT2D eigenvalue weighted by atomic mass is 16.5. The molecule has 0 aromatic heterocycles. The summed E-state index contributed by atoms with van der Waals surface area (Å²) in [6, 6.07) is 23.0. The number of carboxylic acids is 1. The molecule has 174 valence electrons. The Morgan fingerprint density at radius 1 is 0.912 bits per heavy atom. The van der Waals surface area contributed by atoms with Crippen LogP contribution < -0.4 is 9.47 Å². The number of rotatable bonds is 9. The number of carbonyl (C=O) groups is 1. The molecule has 0 amide bonds. The van der Waals surface area contributed by atoms with E-state index in [1.54, 1.807) is 14.2 Å². The molecule has 0 saturated carbocycles. The van der Waals surface area contributed by atoms with E-state index in [4.69, 9.17) is 9.47 Å². The molecule has 1 aliphatic rings. The van der Waals surface area contributed by atoms with Crippen molar-refractivity contribution in [1.82, 2.24) is 0 Å². The standard InChI is InChI=1S/C30H30O4/c1-33-28-12-4-3-11-26(28)24-9-5-7-21(17-24)13-14-22-15-16-29(34-2)27(19-22)25-10-6-8-23(18-25)20-30(31)32/h3-12,15-17,19,25H,13-14,18,20H2,1-2H3,(H,31,32). The van der Waals surface area contributed by atoms with Gasteiger partial charge in [-0.15, -0.1) is 0 Å². The Hall–Kier alpha value is -3.79. The lowest BCUT2D eigenvalue weighted by molar-refractivity contribution is -0.136. The summed E-state index contributed by atoms with van der Waals surface area (Å²) in [4.78, 5) is 11.2. The van der Waals surface area contributed by atoms with Crippen molar-refractivity contribution in [2.45, 2.75) is 31.6 Å². The monoisotopic (exact) mass is 454 g/mol. The molecule has 1 unspecified atom stereocenters. The second kappa shape index (κ2) is 10.9. The number of carboxylic acid groups (broad SMARTS) is 1. The van der Waals surface area contributed by atoms with Crippen LogP contribution in [-0.4, -0.2) is 25.3 Å². The first kappa shape index (κ1) is 23.4. The molecule has 1 N–H and O–H groups in total. The van der Waals surface area contributed by atoms with Crippen LogP contribution in [0.25, 0.3) is 11.1 Å². The lowest BCUT2D eigenvalue weighted by Crippen LogP contribution is -2.07. The van der Waals surface area contributed by atoms with Crippen LogP contribution in [0.3, 0.4) is 0 Å². The number of methoxy groups -OCH3 is 2. The minimum Gasteiger partial charge on any atom is -0.496 e. The van der Waals surface area contributed by atoms with Crippen molar-refractivity contribution in [3.05, 3.63) is 107 Å². The van der Waals surface area contributed by atoms with Crippen molar-refractivity contribution < 1.29 is 19.4 Å². The van der Waals surface area contributed by atoms with Gasteiger partial charge in [0.2, 0.25) is 0 Å². The Bertz CT molecular complexity index is 1220. The molecule has 4 nitrogen and oxygen atoms in total. The third-order valence-electron chi connectivity index (χ3n) is 6.28. The van der Waals surface area contributed by atoms with Crippen LogP contribution in [0.2, 0.25) is 0 Å². The number of aliphatic carboxylic acids is 1. The predicted molar refractivity (Wildman–Crippen MR) is 136 cm³/mol. The molecule has 34 heavy (non-hydrogen) atoms. The summed E-state index contributed by atoms with van der Waals surface area (Å²) in [5.41, 5.74) is 6.78. The van der Waals surface area contributed by atoms with E-state index in [-0.39, 0.29) is 12.3 Å². The van der Waals surface area contributed by atoms with Crippen molar-refractivity contribution in [3.8, 4) is 22.6 Å². The molecule has 1 atom stereocenters. The molecule has 0 radical (unpaired) electrons. The zero-order valence-corrected chi connectivity index (χ0v) is 19.7. The van der Waals surface area contributed by atoms with E-state index in [0.717, 1.165) is 46.6 Å². The molecule has 4 heteroatoms. The molecule has 0 bridgehead atoms. The molecule has 0 fully saturated rings. The van der Waals surface area contributed by atoms with Crippen LogP contribution in [0.1, 0.15) is 35.4 Å². The fourth-order valence-electron chi connectivity index (χ4n) is 4.58. The number of allylic oxidation sites excluding steroid dienone is 3. The molecular weight excluding hydrogens is 424 g/mol. The van der Waals surface area contributed by atoms with Crippen LogP contribution in [0, 0.1) is 0 Å². The SMILES string of the molecule is COc1ccccc1-c1cccc(CCc2ccc(OC)c(C3C=CC=C(CC(=O)O)C3)c2)c1. The Balaban J connectivity index is 1.51. The third-order valence-corrected chi connectivity index (χ3v) is 6.28. The molecule has 3 aromatic carbocycles. The fourth-order valence-corrected chi connectivity index (χ4v) is 4.58. The topological polar surface area (TPSA) is 55.8 Å². The summed E-state index contributed by atoms with van der Waals surface area (Å²) in [6.45, 7) is 0. The number of hydrogen-bond donors (Lipinski definition) is 1. The van der Waals surface area contributed by atoms with Gasteiger partial charge in [0.15, 0.2) is 0 Å². The van der Waals surface area contributed by atoms with Crippen LogP contribution in [0.4, 0.5) is 0 Å². The maximum atomic E-state index is 11.2. The quantitative estimate of drug-likeness (QED) is 0.396. The van der Waals surface area contributed by atoms with Crippen molar-refractivity contribution in [1.29, 1.82) is 0 Å². The van der Waals surface area contributed by atoms with Crippen molar-refractivity contribution >= 4 is 5.97 Å². The summed E-state index contributed by atoms with van der Waals surface area (Å²) in [5.74, 6) is 1.03. The van der Waals surface area contributed by atoms with E-state index in [9.17, 15) is 9.90 Å². The minimum absolute atomic E-state index is 0.0748. The summed E-state index contributed by atoms with van der Waals surface area (Å²) in [7, 11) is 3.38. The van der Waals surface area contributed by atoms with E-state index in [1.807, 2.05) is 36.4 Å². The first-order valence-corrected chi connectivity index (χ1v) is 11.5. The van der Waals surface area contributed by atoms with Gasteiger partial charge in [-0.3, -0.25) is 4.79 Å². The van der Waals surface area contributed by atoms with Crippen molar-refractivity contribution in [2.24, 2.45) is 0 Å². The number of hydrogen-bond acceptors (Lipinski definition) is 3. The van der Waals surface area contributed by atoms with E-state index in [2.05, 4.69) is 48.5 Å². The van der Waals surface area contributed by atoms with Crippen molar-refractivity contribution in [2.75, 3.05) is 14.2 Å². The predicted octanol–water partition coefficient (Wildman–Crippen LogP) is 6.60. The molecule has 1 aliphatic carbocycles. The van der Waals surface area contributed by atoms with Gasteiger partial charge in [0.05, 0.1) is 20.6 Å². The van der Waals surface area contributed by atoms with E-state index in [0.29, 0.717) is 6.42 Å². The summed E-state index contributed by atoms with van der Waals surface area (Å²) in [6.07, 6.45) is 8.59. The second-order valence-electron chi connectivity index (χ2n) is 8.57. The average Bonchev–Trinajstić information content (AvgIpc) is 2.87. The van der Waals surface area contributed by atoms with Gasteiger partial charge in [0, 0.05) is 17.0 Å². The smallest absolute Gasteiger partial charge is 0.307 e. The highest BCUT2D eigenvalue weighted by molar-refractivity contribution is 5.71. The number of ether oxygens (including phenoxy) is 2. The highest BCUT2D eigenvalue weighted by Gasteiger charge is 2.19. The lowest BCUT2D eigenvalue weighted by atomic mass is 9.85. The van der Waals surface area contributed by atoms with Crippen LogP contribution in [0.15, 0.2) is 90.5 Å². The van der Waals surface area contributed by atoms with Crippen LogP contribution >= 0.6 is 0 Å². The van der Waals surface area contributed by atoms with Gasteiger partial charge in [0.25, 0.3) is 0 Å². The van der Waals surface area contributed by atoms with Gasteiger partial charge in [-0.05, 0) is 48.1 Å². The maximum absolute atomic E-state index is 11.2. The van der Waals surface area contributed by atoms with Gasteiger partial charge in [-0.1, -0.05) is 78.4 Å². The third kappa shape index (κ3) is 5.57. The molecule has 4 rings (SSSR count). The van der Waals surface area contributed by atoms with Crippen LogP contribution in [-0.2, 0) is 17.6 Å². The van der Waals surface area contributed by atoms with E-state index < -0.39 is 5.97 Å². The fraction of sp³-hybridized carbons (Fsp3) is 0.233. The lowest BCUT2D eigenvalue weighted by Gasteiger charge is -2.21. The van der Waals surface area contributed by atoms with Gasteiger partial charge >= 0.3 is 5.97 Å². The molecular formula is C30H30O4. The first-order chi connectivity index (χ1) is 16.6. The van der Waals surface area contributed by atoms with E-state index in [1.165, 1.54) is 11.1 Å². The Labute approximate surface area is 201 Å².